The van der Waals surface area contributed by atoms with E-state index in [1.807, 2.05) is 47.9 Å². The van der Waals surface area contributed by atoms with Crippen LogP contribution >= 0.6 is 35.6 Å². The smallest absolute Gasteiger partial charge is 0.254 e. The first-order valence-electron chi connectivity index (χ1n) is 12.9. The van der Waals surface area contributed by atoms with Gasteiger partial charge in [0.15, 0.2) is 0 Å². The molecule has 3 saturated heterocycles. The van der Waals surface area contributed by atoms with E-state index in [1.165, 1.54) is 12.8 Å². The Kier molecular flexibility index (Phi) is 9.08. The topological polar surface area (TPSA) is 64.7 Å². The van der Waals surface area contributed by atoms with Crippen molar-refractivity contribution in [1.82, 2.24) is 20.4 Å². The number of fused-ring (bicyclic) bond motifs is 2. The van der Waals surface area contributed by atoms with Gasteiger partial charge in [0.25, 0.3) is 5.91 Å². The Morgan fingerprint density at radius 1 is 0.973 bits per heavy atom. The molecule has 2 bridgehead atoms. The van der Waals surface area contributed by atoms with Gasteiger partial charge in [-0.3, -0.25) is 9.59 Å². The van der Waals surface area contributed by atoms with Crippen LogP contribution < -0.4 is 10.6 Å². The van der Waals surface area contributed by atoms with Crippen LogP contribution in [-0.4, -0.2) is 65.9 Å². The van der Waals surface area contributed by atoms with Crippen LogP contribution in [0.25, 0.3) is 0 Å². The summed E-state index contributed by atoms with van der Waals surface area (Å²) in [5, 5.41) is 8.09. The number of nitrogens with zero attached hydrogens (tertiary/aromatic N) is 2. The van der Waals surface area contributed by atoms with E-state index in [0.717, 1.165) is 29.5 Å². The second-order valence-corrected chi connectivity index (χ2v) is 11.4. The molecule has 3 aliphatic heterocycles. The Morgan fingerprint density at radius 3 is 2.30 bits per heavy atom. The maximum absolute atomic E-state index is 13.5. The Bertz CT molecular complexity index is 1130. The highest BCUT2D eigenvalue weighted by Gasteiger charge is 2.36. The van der Waals surface area contributed by atoms with Crippen LogP contribution in [0, 0.1) is 13.8 Å². The van der Waals surface area contributed by atoms with E-state index in [1.54, 1.807) is 6.07 Å². The van der Waals surface area contributed by atoms with Crippen LogP contribution in [0.15, 0.2) is 36.4 Å². The number of nitrogens with one attached hydrogen (secondary N) is 2. The van der Waals surface area contributed by atoms with Gasteiger partial charge in [0.05, 0.1) is 22.6 Å². The third-order valence-electron chi connectivity index (χ3n) is 7.80. The highest BCUT2D eigenvalue weighted by Crippen LogP contribution is 2.32. The summed E-state index contributed by atoms with van der Waals surface area (Å²) >= 11 is 12.5. The lowest BCUT2D eigenvalue weighted by atomic mass is 9.99. The van der Waals surface area contributed by atoms with E-state index < -0.39 is 0 Å². The second-order valence-electron chi connectivity index (χ2n) is 10.6. The lowest BCUT2D eigenvalue weighted by molar-refractivity contribution is -0.135. The van der Waals surface area contributed by atoms with Crippen LogP contribution in [0.5, 0.6) is 0 Å². The largest absolute Gasteiger partial charge is 0.334 e. The highest BCUT2D eigenvalue weighted by atomic mass is 35.5. The lowest BCUT2D eigenvalue weighted by Gasteiger charge is -2.42. The summed E-state index contributed by atoms with van der Waals surface area (Å²) in [6.07, 6.45) is 4.59. The number of rotatable bonds is 5. The standard InChI is InChI=1S/C28H34Cl2N4O2.ClH/c1-17-9-18(2)11-20(10-17)28(36)33-7-8-34(26(16-33)19-3-6-24(29)25(30)12-19)27(35)15-31-23-13-21-4-5-22(14-23)32-21;/h3,6,9-12,21-23,26,31-32H,4-5,7-8,13-16H2,1-2H3;1H/t21?,22?,23?,26-;/m0./s1. The van der Waals surface area contributed by atoms with Gasteiger partial charge >= 0.3 is 0 Å². The summed E-state index contributed by atoms with van der Waals surface area (Å²) in [5.74, 6) is 0.0396. The number of piperidine rings is 1. The van der Waals surface area contributed by atoms with Crippen LogP contribution in [0.4, 0.5) is 0 Å². The molecule has 0 aliphatic carbocycles. The first-order valence-corrected chi connectivity index (χ1v) is 13.6. The zero-order chi connectivity index (χ0) is 25.4. The number of hydrogen-bond acceptors (Lipinski definition) is 4. The molecule has 0 spiro atoms. The fourth-order valence-corrected chi connectivity index (χ4v) is 6.42. The zero-order valence-corrected chi connectivity index (χ0v) is 23.6. The number of piperazine rings is 1. The van der Waals surface area contributed by atoms with E-state index in [9.17, 15) is 9.59 Å². The van der Waals surface area contributed by atoms with E-state index in [4.69, 9.17) is 23.2 Å². The van der Waals surface area contributed by atoms with Gasteiger partial charge in [-0.25, -0.2) is 0 Å². The van der Waals surface area contributed by atoms with Crippen LogP contribution in [0.2, 0.25) is 10.0 Å². The Labute approximate surface area is 235 Å². The van der Waals surface area contributed by atoms with Crippen molar-refractivity contribution >= 4 is 47.4 Å². The molecule has 6 nitrogen and oxygen atoms in total. The Balaban J connectivity index is 0.00000320. The molecule has 200 valence electrons. The molecule has 2 N–H and O–H groups in total. The summed E-state index contributed by atoms with van der Waals surface area (Å²) < 4.78 is 0. The third-order valence-corrected chi connectivity index (χ3v) is 8.54. The third kappa shape index (κ3) is 6.43. The molecule has 2 unspecified atom stereocenters. The fraction of sp³-hybridized carbons (Fsp3) is 0.500. The first kappa shape index (κ1) is 28.2. The van der Waals surface area contributed by atoms with Crippen molar-refractivity contribution in [1.29, 1.82) is 0 Å². The molecular weight excluding hydrogens is 531 g/mol. The summed E-state index contributed by atoms with van der Waals surface area (Å²) in [6, 6.07) is 12.6. The Hall–Kier alpha value is -1.83. The van der Waals surface area contributed by atoms with Gasteiger partial charge in [-0.2, -0.15) is 0 Å². The molecular formula is C28H35Cl3N4O2. The number of carbonyl (C=O) groups excluding carboxylic acids is 2. The maximum atomic E-state index is 13.5. The number of halogens is 3. The molecule has 9 heteroatoms. The van der Waals surface area contributed by atoms with Crippen molar-refractivity contribution in [2.24, 2.45) is 0 Å². The van der Waals surface area contributed by atoms with Crippen LogP contribution in [0.3, 0.4) is 0 Å². The zero-order valence-electron chi connectivity index (χ0n) is 21.3. The lowest BCUT2D eigenvalue weighted by Crippen LogP contribution is -2.55. The van der Waals surface area contributed by atoms with Gasteiger partial charge in [0, 0.05) is 43.3 Å². The summed E-state index contributed by atoms with van der Waals surface area (Å²) in [7, 11) is 0. The minimum atomic E-state index is -0.290. The molecule has 3 aliphatic rings. The molecule has 2 aromatic rings. The van der Waals surface area contributed by atoms with Crippen LogP contribution in [0.1, 0.15) is 58.8 Å². The summed E-state index contributed by atoms with van der Waals surface area (Å²) in [6.45, 7) is 5.67. The van der Waals surface area contributed by atoms with Crippen molar-refractivity contribution in [3.8, 4) is 0 Å². The molecule has 5 rings (SSSR count). The maximum Gasteiger partial charge on any atom is 0.254 e. The van der Waals surface area contributed by atoms with Crippen molar-refractivity contribution < 1.29 is 9.59 Å². The van der Waals surface area contributed by atoms with Gasteiger partial charge < -0.3 is 20.4 Å². The molecule has 0 aromatic heterocycles. The van der Waals surface area contributed by atoms with E-state index >= 15 is 0 Å². The van der Waals surface area contributed by atoms with Gasteiger partial charge in [0.1, 0.15) is 0 Å². The SMILES string of the molecule is Cc1cc(C)cc(C(=O)N2CCN(C(=O)CNC3CC4CCC(C3)N4)[C@H](c3ccc(Cl)c(Cl)c3)C2)c1.Cl. The molecule has 3 fully saturated rings. The number of amides is 2. The average molecular weight is 566 g/mol. The average Bonchev–Trinajstić information content (AvgIpc) is 3.20. The number of hydrogen-bond donors (Lipinski definition) is 2. The quantitative estimate of drug-likeness (QED) is 0.540. The van der Waals surface area contributed by atoms with Crippen molar-refractivity contribution in [2.75, 3.05) is 26.2 Å². The molecule has 0 saturated carbocycles. The molecule has 0 radical (unpaired) electrons. The first-order chi connectivity index (χ1) is 17.3. The van der Waals surface area contributed by atoms with E-state index in [0.29, 0.717) is 59.9 Å². The van der Waals surface area contributed by atoms with Crippen molar-refractivity contribution in [3.63, 3.8) is 0 Å². The van der Waals surface area contributed by atoms with E-state index in [-0.39, 0.29) is 30.3 Å². The monoisotopic (exact) mass is 564 g/mol. The molecule has 2 aromatic carbocycles. The predicted octanol–water partition coefficient (Wildman–Crippen LogP) is 4.93. The second kappa shape index (κ2) is 11.9. The van der Waals surface area contributed by atoms with Gasteiger partial charge in [-0.05, 0) is 69.4 Å². The molecule has 37 heavy (non-hydrogen) atoms. The Morgan fingerprint density at radius 2 is 1.65 bits per heavy atom. The molecule has 2 amide bonds. The highest BCUT2D eigenvalue weighted by molar-refractivity contribution is 6.42. The fourth-order valence-electron chi connectivity index (χ4n) is 6.11. The minimum Gasteiger partial charge on any atom is -0.334 e. The van der Waals surface area contributed by atoms with Crippen LogP contribution in [-0.2, 0) is 4.79 Å². The number of carbonyl (C=O) groups is 2. The van der Waals surface area contributed by atoms with Crippen molar-refractivity contribution in [3.05, 3.63) is 68.7 Å². The van der Waals surface area contributed by atoms with Gasteiger partial charge in [-0.15, -0.1) is 12.4 Å². The minimum absolute atomic E-state index is 0. The molecule has 3 heterocycles. The number of aryl methyl sites for hydroxylation is 2. The van der Waals surface area contributed by atoms with E-state index in [2.05, 4.69) is 16.7 Å². The van der Waals surface area contributed by atoms with Gasteiger partial charge in [-0.1, -0.05) is 46.5 Å². The molecule has 3 atom stereocenters. The summed E-state index contributed by atoms with van der Waals surface area (Å²) in [4.78, 5) is 30.7. The summed E-state index contributed by atoms with van der Waals surface area (Å²) in [5.41, 5.74) is 3.69. The van der Waals surface area contributed by atoms with Crippen molar-refractivity contribution in [2.45, 2.75) is 63.7 Å². The predicted molar refractivity (Wildman–Crippen MR) is 151 cm³/mol. The van der Waals surface area contributed by atoms with Gasteiger partial charge in [0.2, 0.25) is 5.91 Å². The normalized spacial score (nSPS) is 25.1. The number of benzene rings is 2.